The van der Waals surface area contributed by atoms with E-state index in [0.717, 1.165) is 45.5 Å². The molecule has 2 atom stereocenters. The van der Waals surface area contributed by atoms with Crippen molar-refractivity contribution in [3.05, 3.63) is 0 Å². The molecule has 0 amide bonds. The van der Waals surface area contributed by atoms with Crippen molar-refractivity contribution in [1.29, 1.82) is 0 Å². The van der Waals surface area contributed by atoms with Crippen LogP contribution in [0.15, 0.2) is 0 Å². The zero-order valence-electron chi connectivity index (χ0n) is 9.58. The van der Waals surface area contributed by atoms with Crippen LogP contribution in [0.1, 0.15) is 39.0 Å². The van der Waals surface area contributed by atoms with Crippen molar-refractivity contribution < 1.29 is 14.6 Å². The van der Waals surface area contributed by atoms with Gasteiger partial charge in [-0.1, -0.05) is 0 Å². The first-order valence-electron chi connectivity index (χ1n) is 6.12. The number of hydrogen-bond donors (Lipinski definition) is 1. The molecular formula is C12H22O3. The quantitative estimate of drug-likeness (QED) is 0.761. The SMILES string of the molecule is CC1(C(O)C2CCOCC2)CCCCO1. The maximum Gasteiger partial charge on any atom is 0.0914 e. The van der Waals surface area contributed by atoms with Gasteiger partial charge in [-0.25, -0.2) is 0 Å². The first kappa shape index (κ1) is 11.4. The molecule has 0 aliphatic carbocycles. The van der Waals surface area contributed by atoms with Gasteiger partial charge in [0, 0.05) is 19.8 Å². The zero-order chi connectivity index (χ0) is 10.7. The van der Waals surface area contributed by atoms with E-state index in [0.29, 0.717) is 5.92 Å². The highest BCUT2D eigenvalue weighted by molar-refractivity contribution is 4.90. The molecule has 2 rings (SSSR count). The van der Waals surface area contributed by atoms with Gasteiger partial charge in [0.15, 0.2) is 0 Å². The maximum atomic E-state index is 10.4. The molecule has 0 radical (unpaired) electrons. The van der Waals surface area contributed by atoms with Crippen molar-refractivity contribution in [2.24, 2.45) is 5.92 Å². The van der Waals surface area contributed by atoms with E-state index in [1.54, 1.807) is 0 Å². The Morgan fingerprint density at radius 2 is 1.93 bits per heavy atom. The average molecular weight is 214 g/mol. The van der Waals surface area contributed by atoms with Crippen LogP contribution in [-0.4, -0.2) is 36.6 Å². The summed E-state index contributed by atoms with van der Waals surface area (Å²) in [5.74, 6) is 0.363. The Morgan fingerprint density at radius 1 is 1.20 bits per heavy atom. The van der Waals surface area contributed by atoms with Crippen LogP contribution in [0.25, 0.3) is 0 Å². The lowest BCUT2D eigenvalue weighted by molar-refractivity contribution is -0.162. The Labute approximate surface area is 91.8 Å². The minimum atomic E-state index is -0.318. The van der Waals surface area contributed by atoms with Gasteiger partial charge in [-0.2, -0.15) is 0 Å². The fourth-order valence-corrected chi connectivity index (χ4v) is 2.72. The van der Waals surface area contributed by atoms with Crippen LogP contribution in [0.2, 0.25) is 0 Å². The summed E-state index contributed by atoms with van der Waals surface area (Å²) in [5.41, 5.74) is -0.305. The monoisotopic (exact) mass is 214 g/mol. The third-order valence-electron chi connectivity index (χ3n) is 3.84. The summed E-state index contributed by atoms with van der Waals surface area (Å²) in [5, 5.41) is 10.4. The van der Waals surface area contributed by atoms with Gasteiger partial charge in [0.25, 0.3) is 0 Å². The third-order valence-corrected chi connectivity index (χ3v) is 3.84. The van der Waals surface area contributed by atoms with Gasteiger partial charge in [-0.15, -0.1) is 0 Å². The summed E-state index contributed by atoms with van der Waals surface area (Å²) in [4.78, 5) is 0. The second-order valence-electron chi connectivity index (χ2n) is 5.01. The first-order chi connectivity index (χ1) is 7.22. The number of ether oxygens (including phenoxy) is 2. The third kappa shape index (κ3) is 2.52. The Kier molecular flexibility index (Phi) is 3.65. The highest BCUT2D eigenvalue weighted by Gasteiger charge is 2.40. The molecule has 1 N–H and O–H groups in total. The minimum absolute atomic E-state index is 0.305. The predicted octanol–water partition coefficient (Wildman–Crippen LogP) is 1.73. The normalized spacial score (nSPS) is 36.4. The van der Waals surface area contributed by atoms with Crippen molar-refractivity contribution in [2.75, 3.05) is 19.8 Å². The highest BCUT2D eigenvalue weighted by Crippen LogP contribution is 2.34. The first-order valence-corrected chi connectivity index (χ1v) is 6.12. The van der Waals surface area contributed by atoms with Crippen LogP contribution in [-0.2, 0) is 9.47 Å². The van der Waals surface area contributed by atoms with Gasteiger partial charge in [0.2, 0.25) is 0 Å². The number of hydrogen-bond acceptors (Lipinski definition) is 3. The van der Waals surface area contributed by atoms with E-state index in [-0.39, 0.29) is 11.7 Å². The summed E-state index contributed by atoms with van der Waals surface area (Å²) in [6.07, 6.45) is 4.93. The smallest absolute Gasteiger partial charge is 0.0914 e. The maximum absolute atomic E-state index is 10.4. The number of aliphatic hydroxyl groups excluding tert-OH is 1. The van der Waals surface area contributed by atoms with Gasteiger partial charge < -0.3 is 14.6 Å². The van der Waals surface area contributed by atoms with Gasteiger partial charge in [0.05, 0.1) is 11.7 Å². The predicted molar refractivity (Wildman–Crippen MR) is 57.8 cm³/mol. The minimum Gasteiger partial charge on any atom is -0.390 e. The van der Waals surface area contributed by atoms with Crippen molar-refractivity contribution >= 4 is 0 Å². The van der Waals surface area contributed by atoms with Crippen LogP contribution in [0, 0.1) is 5.92 Å². The van der Waals surface area contributed by atoms with E-state index in [2.05, 4.69) is 6.92 Å². The molecule has 0 aromatic carbocycles. The molecule has 0 aromatic rings. The van der Waals surface area contributed by atoms with E-state index in [1.807, 2.05) is 0 Å². The van der Waals surface area contributed by atoms with Crippen LogP contribution in [0.5, 0.6) is 0 Å². The van der Waals surface area contributed by atoms with Gasteiger partial charge in [-0.05, 0) is 44.9 Å². The molecule has 2 fully saturated rings. The van der Waals surface area contributed by atoms with Crippen LogP contribution in [0.3, 0.4) is 0 Å². The standard InChI is InChI=1S/C12H22O3/c1-12(6-2-3-7-15-12)11(13)10-4-8-14-9-5-10/h10-11,13H,2-9H2,1H3. The van der Waals surface area contributed by atoms with Crippen molar-refractivity contribution in [3.63, 3.8) is 0 Å². The molecule has 2 saturated heterocycles. The second kappa shape index (κ2) is 4.81. The molecule has 2 aliphatic rings. The van der Waals surface area contributed by atoms with Crippen LogP contribution in [0.4, 0.5) is 0 Å². The molecule has 0 aromatic heterocycles. The lowest BCUT2D eigenvalue weighted by atomic mass is 9.80. The molecular weight excluding hydrogens is 192 g/mol. The fourth-order valence-electron chi connectivity index (χ4n) is 2.72. The lowest BCUT2D eigenvalue weighted by Gasteiger charge is -2.42. The highest BCUT2D eigenvalue weighted by atomic mass is 16.5. The topological polar surface area (TPSA) is 38.7 Å². The van der Waals surface area contributed by atoms with Crippen molar-refractivity contribution in [3.8, 4) is 0 Å². The summed E-state index contributed by atoms with van der Waals surface area (Å²) in [6, 6.07) is 0. The number of aliphatic hydroxyl groups is 1. The summed E-state index contributed by atoms with van der Waals surface area (Å²) < 4.78 is 11.1. The molecule has 2 unspecified atom stereocenters. The van der Waals surface area contributed by atoms with E-state index in [1.165, 1.54) is 6.42 Å². The lowest BCUT2D eigenvalue weighted by Crippen LogP contribution is -2.49. The molecule has 2 heterocycles. The van der Waals surface area contributed by atoms with E-state index >= 15 is 0 Å². The molecule has 2 aliphatic heterocycles. The Bertz CT molecular complexity index is 193. The van der Waals surface area contributed by atoms with Crippen molar-refractivity contribution in [1.82, 2.24) is 0 Å². The Balaban J connectivity index is 1.94. The molecule has 0 spiro atoms. The summed E-state index contributed by atoms with van der Waals surface area (Å²) >= 11 is 0. The van der Waals surface area contributed by atoms with Gasteiger partial charge in [0.1, 0.15) is 0 Å². The van der Waals surface area contributed by atoms with Crippen LogP contribution < -0.4 is 0 Å². The average Bonchev–Trinajstić information content (AvgIpc) is 2.30. The molecule has 0 saturated carbocycles. The Hall–Kier alpha value is -0.120. The van der Waals surface area contributed by atoms with Crippen molar-refractivity contribution in [2.45, 2.75) is 50.7 Å². The number of rotatable bonds is 2. The van der Waals surface area contributed by atoms with Gasteiger partial charge in [-0.3, -0.25) is 0 Å². The van der Waals surface area contributed by atoms with E-state index in [4.69, 9.17) is 9.47 Å². The van der Waals surface area contributed by atoms with Crippen LogP contribution >= 0.6 is 0 Å². The largest absolute Gasteiger partial charge is 0.390 e. The molecule has 88 valence electrons. The van der Waals surface area contributed by atoms with Gasteiger partial charge >= 0.3 is 0 Å². The molecule has 3 heteroatoms. The molecule has 3 nitrogen and oxygen atoms in total. The Morgan fingerprint density at radius 3 is 2.53 bits per heavy atom. The molecule has 0 bridgehead atoms. The van der Waals surface area contributed by atoms with E-state index < -0.39 is 0 Å². The summed E-state index contributed by atoms with van der Waals surface area (Å²) in [6.45, 7) is 4.44. The second-order valence-corrected chi connectivity index (χ2v) is 5.01. The fraction of sp³-hybridized carbons (Fsp3) is 1.00. The van der Waals surface area contributed by atoms with E-state index in [9.17, 15) is 5.11 Å². The summed E-state index contributed by atoms with van der Waals surface area (Å²) in [7, 11) is 0. The molecule has 15 heavy (non-hydrogen) atoms. The zero-order valence-corrected chi connectivity index (χ0v) is 9.58.